The standard InChI is InChI=1S/C26H37N3O3S/c1-18(2)15-28(25(31)27-26(4,5)6)16-24(30)29-13-11-23-21(12-14-33-23)22(29)17-32-20-9-7-19(3)8-10-20/h7-10,12,14,18,22H,11,13,15-17H2,1-6H3,(H,27,31)/t22-/m1/s1. The van der Waals surface area contributed by atoms with Gasteiger partial charge in [0.1, 0.15) is 18.9 Å². The van der Waals surface area contributed by atoms with Gasteiger partial charge >= 0.3 is 6.03 Å². The van der Waals surface area contributed by atoms with Gasteiger partial charge in [0.15, 0.2) is 0 Å². The molecule has 0 spiro atoms. The Morgan fingerprint density at radius 1 is 1.21 bits per heavy atom. The van der Waals surface area contributed by atoms with Crippen LogP contribution in [-0.4, -0.2) is 53.5 Å². The van der Waals surface area contributed by atoms with Crippen molar-refractivity contribution in [2.75, 3.05) is 26.2 Å². The molecule has 1 aliphatic heterocycles. The molecule has 0 fully saturated rings. The van der Waals surface area contributed by atoms with Gasteiger partial charge in [-0.2, -0.15) is 0 Å². The third kappa shape index (κ3) is 6.97. The average molecular weight is 472 g/mol. The fourth-order valence-corrected chi connectivity index (χ4v) is 4.93. The molecule has 0 saturated carbocycles. The van der Waals surface area contributed by atoms with E-state index >= 15 is 0 Å². The van der Waals surface area contributed by atoms with E-state index < -0.39 is 0 Å². The minimum atomic E-state index is -0.365. The highest BCUT2D eigenvalue weighted by molar-refractivity contribution is 7.10. The number of carbonyl (C=O) groups excluding carboxylic acids is 2. The van der Waals surface area contributed by atoms with Crippen LogP contribution < -0.4 is 10.1 Å². The molecule has 0 radical (unpaired) electrons. The number of amides is 3. The second-order valence-corrected chi connectivity index (χ2v) is 11.2. The van der Waals surface area contributed by atoms with Crippen LogP contribution in [0, 0.1) is 12.8 Å². The lowest BCUT2D eigenvalue weighted by Gasteiger charge is -2.37. The number of urea groups is 1. The number of aryl methyl sites for hydroxylation is 1. The first kappa shape index (κ1) is 25.1. The second kappa shape index (κ2) is 10.6. The summed E-state index contributed by atoms with van der Waals surface area (Å²) in [7, 11) is 0. The Bertz CT molecular complexity index is 946. The lowest BCUT2D eigenvalue weighted by atomic mass is 10.0. The van der Waals surface area contributed by atoms with E-state index in [2.05, 4.69) is 30.6 Å². The number of nitrogens with zero attached hydrogens (tertiary/aromatic N) is 2. The van der Waals surface area contributed by atoms with Gasteiger partial charge in [-0.05, 0) is 69.2 Å². The van der Waals surface area contributed by atoms with Crippen LogP contribution in [0.2, 0.25) is 0 Å². The number of nitrogens with one attached hydrogen (secondary N) is 1. The molecule has 2 heterocycles. The molecule has 1 N–H and O–H groups in total. The number of hydrogen-bond donors (Lipinski definition) is 1. The second-order valence-electron chi connectivity index (χ2n) is 10.2. The largest absolute Gasteiger partial charge is 0.491 e. The van der Waals surface area contributed by atoms with E-state index in [4.69, 9.17) is 4.74 Å². The van der Waals surface area contributed by atoms with Crippen molar-refractivity contribution in [3.8, 4) is 5.75 Å². The topological polar surface area (TPSA) is 61.9 Å². The Labute approximate surface area is 201 Å². The van der Waals surface area contributed by atoms with Gasteiger partial charge in [-0.25, -0.2) is 4.79 Å². The number of benzene rings is 1. The van der Waals surface area contributed by atoms with Crippen LogP contribution in [0.3, 0.4) is 0 Å². The van der Waals surface area contributed by atoms with Crippen molar-refractivity contribution >= 4 is 23.3 Å². The van der Waals surface area contributed by atoms with Gasteiger partial charge in [-0.1, -0.05) is 31.5 Å². The molecule has 1 aromatic carbocycles. The zero-order valence-corrected chi connectivity index (χ0v) is 21.5. The van der Waals surface area contributed by atoms with Crippen LogP contribution >= 0.6 is 11.3 Å². The van der Waals surface area contributed by atoms with Gasteiger partial charge in [0.05, 0.1) is 6.04 Å². The Balaban J connectivity index is 1.76. The summed E-state index contributed by atoms with van der Waals surface area (Å²) in [5.74, 6) is 1.00. The zero-order chi connectivity index (χ0) is 24.2. The molecule has 0 bridgehead atoms. The normalized spacial score (nSPS) is 15.8. The average Bonchev–Trinajstić information content (AvgIpc) is 3.20. The first-order valence-electron chi connectivity index (χ1n) is 11.7. The maximum absolute atomic E-state index is 13.5. The molecule has 1 aromatic heterocycles. The van der Waals surface area contributed by atoms with Gasteiger partial charge in [0.25, 0.3) is 0 Å². The van der Waals surface area contributed by atoms with Gasteiger partial charge < -0.3 is 19.9 Å². The highest BCUT2D eigenvalue weighted by atomic mass is 32.1. The quantitative estimate of drug-likeness (QED) is 0.616. The van der Waals surface area contributed by atoms with Crippen LogP contribution in [-0.2, 0) is 11.2 Å². The van der Waals surface area contributed by atoms with E-state index in [0.717, 1.165) is 17.7 Å². The van der Waals surface area contributed by atoms with Gasteiger partial charge in [0, 0.05) is 23.5 Å². The number of thiophene rings is 1. The SMILES string of the molecule is Cc1ccc(OC[C@@H]2c3ccsc3CCN2C(=O)CN(CC(C)C)C(=O)NC(C)(C)C)cc1. The maximum atomic E-state index is 13.5. The van der Waals surface area contributed by atoms with E-state index in [1.54, 1.807) is 16.2 Å². The summed E-state index contributed by atoms with van der Waals surface area (Å²) in [6.07, 6.45) is 0.831. The number of fused-ring (bicyclic) bond motifs is 1. The summed E-state index contributed by atoms with van der Waals surface area (Å²) in [5.41, 5.74) is 1.97. The summed E-state index contributed by atoms with van der Waals surface area (Å²) in [6.45, 7) is 13.6. The molecule has 3 amide bonds. The highest BCUT2D eigenvalue weighted by Crippen LogP contribution is 2.34. The Hall–Kier alpha value is -2.54. The van der Waals surface area contributed by atoms with Crippen molar-refractivity contribution in [3.05, 3.63) is 51.7 Å². The lowest BCUT2D eigenvalue weighted by Crippen LogP contribution is -2.53. The van der Waals surface area contributed by atoms with Crippen molar-refractivity contribution < 1.29 is 14.3 Å². The summed E-state index contributed by atoms with van der Waals surface area (Å²) in [5, 5.41) is 5.08. The van der Waals surface area contributed by atoms with E-state index in [-0.39, 0.29) is 36.0 Å². The zero-order valence-electron chi connectivity index (χ0n) is 20.7. The van der Waals surface area contributed by atoms with Crippen molar-refractivity contribution in [3.63, 3.8) is 0 Å². The Morgan fingerprint density at radius 2 is 1.91 bits per heavy atom. The molecule has 180 valence electrons. The third-order valence-corrected chi connectivity index (χ3v) is 6.52. The predicted octanol–water partition coefficient (Wildman–Crippen LogP) is 5.03. The van der Waals surface area contributed by atoms with E-state index in [1.807, 2.05) is 56.9 Å². The summed E-state index contributed by atoms with van der Waals surface area (Å²) >= 11 is 1.73. The van der Waals surface area contributed by atoms with E-state index in [0.29, 0.717) is 19.7 Å². The van der Waals surface area contributed by atoms with Gasteiger partial charge in [-0.15, -0.1) is 11.3 Å². The summed E-state index contributed by atoms with van der Waals surface area (Å²) in [4.78, 5) is 31.3. The fraction of sp³-hybridized carbons (Fsp3) is 0.538. The number of rotatable bonds is 7. The Kier molecular flexibility index (Phi) is 8.05. The molecule has 3 rings (SSSR count). The van der Waals surface area contributed by atoms with Crippen LogP contribution in [0.15, 0.2) is 35.7 Å². The van der Waals surface area contributed by atoms with Crippen LogP contribution in [0.25, 0.3) is 0 Å². The monoisotopic (exact) mass is 471 g/mol. The first-order valence-corrected chi connectivity index (χ1v) is 12.5. The molecule has 0 aliphatic carbocycles. The maximum Gasteiger partial charge on any atom is 0.318 e. The van der Waals surface area contributed by atoms with Crippen molar-refractivity contribution in [2.45, 2.75) is 59.5 Å². The van der Waals surface area contributed by atoms with E-state index in [1.165, 1.54) is 10.4 Å². The smallest absolute Gasteiger partial charge is 0.318 e. The van der Waals surface area contributed by atoms with Crippen molar-refractivity contribution in [2.24, 2.45) is 5.92 Å². The first-order chi connectivity index (χ1) is 15.5. The Morgan fingerprint density at radius 3 is 2.55 bits per heavy atom. The van der Waals surface area contributed by atoms with Gasteiger partial charge in [0.2, 0.25) is 5.91 Å². The number of ether oxygens (including phenoxy) is 1. The molecule has 0 saturated heterocycles. The highest BCUT2D eigenvalue weighted by Gasteiger charge is 2.34. The summed E-state index contributed by atoms with van der Waals surface area (Å²) < 4.78 is 6.11. The van der Waals surface area contributed by atoms with Crippen LogP contribution in [0.1, 0.15) is 56.7 Å². The molecule has 1 atom stereocenters. The van der Waals surface area contributed by atoms with Crippen LogP contribution in [0.5, 0.6) is 5.75 Å². The molecule has 6 nitrogen and oxygen atoms in total. The predicted molar refractivity (Wildman–Crippen MR) is 134 cm³/mol. The lowest BCUT2D eigenvalue weighted by molar-refractivity contribution is -0.135. The number of carbonyl (C=O) groups is 2. The number of hydrogen-bond acceptors (Lipinski definition) is 4. The minimum Gasteiger partial charge on any atom is -0.491 e. The molecule has 33 heavy (non-hydrogen) atoms. The molecule has 0 unspecified atom stereocenters. The van der Waals surface area contributed by atoms with Crippen molar-refractivity contribution in [1.82, 2.24) is 15.1 Å². The minimum absolute atomic E-state index is 0.0472. The molecular formula is C26H37N3O3S. The molecular weight excluding hydrogens is 434 g/mol. The van der Waals surface area contributed by atoms with Crippen LogP contribution in [0.4, 0.5) is 4.79 Å². The fourth-order valence-electron chi connectivity index (χ4n) is 4.00. The van der Waals surface area contributed by atoms with Gasteiger partial charge in [-0.3, -0.25) is 4.79 Å². The molecule has 7 heteroatoms. The molecule has 1 aliphatic rings. The molecule has 2 aromatic rings. The summed E-state index contributed by atoms with van der Waals surface area (Å²) in [6, 6.07) is 9.69. The third-order valence-electron chi connectivity index (χ3n) is 5.52. The van der Waals surface area contributed by atoms with Crippen molar-refractivity contribution in [1.29, 1.82) is 0 Å². The van der Waals surface area contributed by atoms with E-state index in [9.17, 15) is 9.59 Å².